The van der Waals surface area contributed by atoms with Crippen molar-refractivity contribution in [3.8, 4) is 10.4 Å². The number of halogens is 2. The summed E-state index contributed by atoms with van der Waals surface area (Å²) in [6, 6.07) is 15.7. The number of hydrogen-bond acceptors (Lipinski definition) is 5. The van der Waals surface area contributed by atoms with Gasteiger partial charge >= 0.3 is 5.97 Å². The van der Waals surface area contributed by atoms with Crippen LogP contribution < -0.4 is 4.90 Å². The minimum Gasteiger partial charge on any atom is -0.477 e. The number of nitrogens with zero attached hydrogens (tertiary/aromatic N) is 2. The molecule has 0 aliphatic carbocycles. The van der Waals surface area contributed by atoms with Gasteiger partial charge in [-0.1, -0.05) is 53.5 Å². The molecule has 2 heterocycles. The molecule has 0 aliphatic heterocycles. The first kappa shape index (κ1) is 21.5. The van der Waals surface area contributed by atoms with Crippen molar-refractivity contribution in [1.29, 1.82) is 0 Å². The van der Waals surface area contributed by atoms with Gasteiger partial charge in [-0.15, -0.1) is 22.7 Å². The van der Waals surface area contributed by atoms with Gasteiger partial charge in [0.2, 0.25) is 0 Å². The minimum atomic E-state index is -1.11. The highest BCUT2D eigenvalue weighted by Crippen LogP contribution is 2.39. The summed E-state index contributed by atoms with van der Waals surface area (Å²) in [6.45, 7) is 0.129. The highest BCUT2D eigenvalue weighted by Gasteiger charge is 2.28. The van der Waals surface area contributed by atoms with Crippen molar-refractivity contribution < 1.29 is 14.7 Å². The first-order valence-corrected chi connectivity index (χ1v) is 11.3. The van der Waals surface area contributed by atoms with Gasteiger partial charge in [-0.25, -0.2) is 9.78 Å². The number of aromatic nitrogens is 1. The zero-order valence-corrected chi connectivity index (χ0v) is 18.9. The van der Waals surface area contributed by atoms with Crippen LogP contribution in [0.2, 0.25) is 10.0 Å². The number of carbonyl (C=O) groups excluding carboxylic acids is 1. The smallest absolute Gasteiger partial charge is 0.348 e. The molecule has 1 N–H and O–H groups in total. The van der Waals surface area contributed by atoms with Crippen LogP contribution in [0.1, 0.15) is 24.9 Å². The summed E-state index contributed by atoms with van der Waals surface area (Å²) in [5, 5.41) is 10.4. The first-order chi connectivity index (χ1) is 14.9. The van der Waals surface area contributed by atoms with E-state index in [2.05, 4.69) is 10.5 Å². The van der Waals surface area contributed by atoms with Crippen LogP contribution in [0.4, 0.5) is 5.69 Å². The van der Waals surface area contributed by atoms with Crippen molar-refractivity contribution >= 4 is 63.4 Å². The molecule has 0 bridgehead atoms. The summed E-state index contributed by atoms with van der Waals surface area (Å²) in [5.41, 5.74) is 4.13. The lowest BCUT2D eigenvalue weighted by atomic mass is 10.1. The molecule has 31 heavy (non-hydrogen) atoms. The maximum atomic E-state index is 13.5. The van der Waals surface area contributed by atoms with Crippen molar-refractivity contribution in [2.24, 2.45) is 0 Å². The fourth-order valence-electron chi connectivity index (χ4n) is 2.99. The highest BCUT2D eigenvalue weighted by atomic mass is 35.5. The van der Waals surface area contributed by atoms with Crippen molar-refractivity contribution in [2.75, 3.05) is 4.90 Å². The Kier molecular flexibility index (Phi) is 6.38. The van der Waals surface area contributed by atoms with Gasteiger partial charge in [0.05, 0.1) is 22.8 Å². The normalized spacial score (nSPS) is 10.8. The van der Waals surface area contributed by atoms with Crippen LogP contribution in [-0.4, -0.2) is 22.0 Å². The Balaban J connectivity index is 1.84. The number of thiazole rings is 1. The van der Waals surface area contributed by atoms with Gasteiger partial charge < -0.3 is 10.0 Å². The van der Waals surface area contributed by atoms with Gasteiger partial charge in [0.1, 0.15) is 4.88 Å². The van der Waals surface area contributed by atoms with E-state index < -0.39 is 11.9 Å². The molecule has 5 nitrogen and oxygen atoms in total. The molecular weight excluding hydrogens is 475 g/mol. The van der Waals surface area contributed by atoms with E-state index in [1.165, 1.54) is 28.4 Å². The third kappa shape index (κ3) is 4.65. The van der Waals surface area contributed by atoms with E-state index in [1.807, 2.05) is 30.3 Å². The molecule has 1 radical (unpaired) electrons. The molecule has 0 atom stereocenters. The van der Waals surface area contributed by atoms with Gasteiger partial charge in [-0.3, -0.25) is 4.79 Å². The number of amides is 1. The molecule has 0 unspecified atom stereocenters. The lowest BCUT2D eigenvalue weighted by molar-refractivity contribution is 0.0703. The van der Waals surface area contributed by atoms with Crippen molar-refractivity contribution in [1.82, 2.24) is 4.98 Å². The van der Waals surface area contributed by atoms with Gasteiger partial charge in [0, 0.05) is 21.0 Å². The Morgan fingerprint density at radius 2 is 1.87 bits per heavy atom. The number of carboxylic acid groups (broad SMARTS) is 1. The van der Waals surface area contributed by atoms with Crippen LogP contribution in [0.5, 0.6) is 0 Å². The van der Waals surface area contributed by atoms with Crippen LogP contribution in [0.15, 0.2) is 60.8 Å². The van der Waals surface area contributed by atoms with Crippen molar-refractivity contribution in [3.63, 3.8) is 0 Å². The highest BCUT2D eigenvalue weighted by molar-refractivity contribution is 7.18. The Morgan fingerprint density at radius 3 is 2.52 bits per heavy atom. The number of hydrogen-bond donors (Lipinski definition) is 1. The summed E-state index contributed by atoms with van der Waals surface area (Å²) < 4.78 is 0. The fraction of sp³-hybridized carbons (Fsp3) is 0.0455. The van der Waals surface area contributed by atoms with E-state index in [0.29, 0.717) is 10.7 Å². The molecule has 1 amide bonds. The SMILES string of the molecule is O=C(O)c1sc(-c2ccccc2)cc1N(Cc1cn[c]s1)C(=O)c1ccc(Cl)cc1Cl. The number of anilines is 1. The minimum absolute atomic E-state index is 0.0609. The maximum absolute atomic E-state index is 13.5. The summed E-state index contributed by atoms with van der Waals surface area (Å²) >= 11 is 14.6. The number of thiophene rings is 1. The Labute approximate surface area is 196 Å². The third-order valence-corrected chi connectivity index (χ3v) is 6.82. The number of carbonyl (C=O) groups is 2. The zero-order valence-electron chi connectivity index (χ0n) is 15.7. The standard InChI is InChI=1S/C22H13Cl2N2O3S2/c23-14-6-7-16(17(24)8-14)21(27)26(11-15-10-25-12-30-15)18-9-19(31-20(18)22(28)29)13-4-2-1-3-5-13/h1-10H,11H2,(H,28,29). The predicted molar refractivity (Wildman–Crippen MR) is 125 cm³/mol. The Hall–Kier alpha value is -2.71. The lowest BCUT2D eigenvalue weighted by Gasteiger charge is -2.22. The molecule has 4 aromatic rings. The predicted octanol–water partition coefficient (Wildman–Crippen LogP) is 6.52. The van der Waals surface area contributed by atoms with E-state index in [-0.39, 0.29) is 22.0 Å². The van der Waals surface area contributed by atoms with Crippen LogP contribution >= 0.6 is 45.9 Å². The molecule has 0 aliphatic rings. The van der Waals surface area contributed by atoms with E-state index in [0.717, 1.165) is 26.7 Å². The molecule has 4 rings (SSSR count). The molecular formula is C22H13Cl2N2O3S2. The molecule has 0 saturated carbocycles. The first-order valence-electron chi connectivity index (χ1n) is 8.94. The second kappa shape index (κ2) is 9.20. The van der Waals surface area contributed by atoms with Crippen LogP contribution in [0.25, 0.3) is 10.4 Å². The molecule has 9 heteroatoms. The zero-order chi connectivity index (χ0) is 22.0. The van der Waals surface area contributed by atoms with E-state index >= 15 is 0 Å². The monoisotopic (exact) mass is 487 g/mol. The molecule has 155 valence electrons. The second-order valence-corrected chi connectivity index (χ2v) is 9.24. The van der Waals surface area contributed by atoms with E-state index in [4.69, 9.17) is 23.2 Å². The fourth-order valence-corrected chi connectivity index (χ4v) is 5.01. The number of benzene rings is 2. The molecule has 0 fully saturated rings. The van der Waals surface area contributed by atoms with Crippen LogP contribution in [0, 0.1) is 5.51 Å². The number of aromatic carboxylic acids is 1. The van der Waals surface area contributed by atoms with Gasteiger partial charge in [0.15, 0.2) is 5.51 Å². The largest absolute Gasteiger partial charge is 0.477 e. The molecule has 2 aromatic heterocycles. The quantitative estimate of drug-likeness (QED) is 0.335. The van der Waals surface area contributed by atoms with E-state index in [1.54, 1.807) is 18.3 Å². The second-order valence-electron chi connectivity index (χ2n) is 6.43. The average Bonchev–Trinajstić information content (AvgIpc) is 3.42. The summed E-state index contributed by atoms with van der Waals surface area (Å²) in [5.74, 6) is -1.55. The summed E-state index contributed by atoms with van der Waals surface area (Å²) in [4.78, 5) is 32.5. The average molecular weight is 488 g/mol. The van der Waals surface area contributed by atoms with E-state index in [9.17, 15) is 14.7 Å². The Morgan fingerprint density at radius 1 is 1.10 bits per heavy atom. The van der Waals surface area contributed by atoms with Crippen LogP contribution in [-0.2, 0) is 6.54 Å². The van der Waals surface area contributed by atoms with Gasteiger partial charge in [-0.2, -0.15) is 0 Å². The molecule has 2 aromatic carbocycles. The third-order valence-electron chi connectivity index (χ3n) is 4.41. The van der Waals surface area contributed by atoms with Crippen molar-refractivity contribution in [2.45, 2.75) is 6.54 Å². The summed E-state index contributed by atoms with van der Waals surface area (Å²) in [7, 11) is 0. The Bertz CT molecular complexity index is 1240. The summed E-state index contributed by atoms with van der Waals surface area (Å²) in [6.07, 6.45) is 1.60. The van der Waals surface area contributed by atoms with Crippen molar-refractivity contribution in [3.05, 3.63) is 91.7 Å². The lowest BCUT2D eigenvalue weighted by Crippen LogP contribution is -2.31. The maximum Gasteiger partial charge on any atom is 0.348 e. The topological polar surface area (TPSA) is 70.5 Å². The molecule has 0 spiro atoms. The number of carboxylic acids is 1. The van der Waals surface area contributed by atoms with Crippen LogP contribution in [0.3, 0.4) is 0 Å². The van der Waals surface area contributed by atoms with Gasteiger partial charge in [-0.05, 0) is 29.8 Å². The number of rotatable bonds is 6. The van der Waals surface area contributed by atoms with Gasteiger partial charge in [0.25, 0.3) is 5.91 Å². The molecule has 0 saturated heterocycles.